The van der Waals surface area contributed by atoms with E-state index >= 15 is 0 Å². The largest absolute Gasteiger partial charge is 0.377 e. The summed E-state index contributed by atoms with van der Waals surface area (Å²) in [5.41, 5.74) is 1.21. The van der Waals surface area contributed by atoms with Crippen LogP contribution in [0.15, 0.2) is 22.7 Å². The van der Waals surface area contributed by atoms with E-state index in [1.54, 1.807) is 0 Å². The molecule has 1 aromatic rings. The predicted molar refractivity (Wildman–Crippen MR) is 89.8 cm³/mol. The Hall–Kier alpha value is -0.130. The molecule has 0 amide bonds. The number of hydrogen-bond acceptors (Lipinski definition) is 3. The first kappa shape index (κ1) is 15.8. The zero-order valence-electron chi connectivity index (χ0n) is 12.4. The highest BCUT2D eigenvalue weighted by Crippen LogP contribution is 2.29. The van der Waals surface area contributed by atoms with Crippen molar-refractivity contribution in [2.45, 2.75) is 32.0 Å². The van der Waals surface area contributed by atoms with Crippen LogP contribution in [0.4, 0.5) is 0 Å². The Morgan fingerprint density at radius 3 is 3.00 bits per heavy atom. The molecule has 0 spiro atoms. The number of rotatable bonds is 4. The lowest BCUT2D eigenvalue weighted by molar-refractivity contribution is 0.0664. The fraction of sp³-hybridized carbons (Fsp3) is 0.625. The van der Waals surface area contributed by atoms with E-state index < -0.39 is 0 Å². The molecule has 3 rings (SSSR count). The standard InChI is InChI=1S/C16H22BrClN2O/c1-2-21-14-8-13-10-19(6-7-20(13)11-14)9-12-4-3-5-15(17)16(12)18/h3-5,13-14H,2,6-11H2,1H3/t13-,14+/m0/s1. The van der Waals surface area contributed by atoms with Gasteiger partial charge in [0.25, 0.3) is 0 Å². The van der Waals surface area contributed by atoms with E-state index in [1.807, 2.05) is 6.07 Å². The maximum Gasteiger partial charge on any atom is 0.0717 e. The minimum atomic E-state index is 0.425. The summed E-state index contributed by atoms with van der Waals surface area (Å²) in [7, 11) is 0. The monoisotopic (exact) mass is 372 g/mol. The molecule has 1 aromatic carbocycles. The van der Waals surface area contributed by atoms with Gasteiger partial charge in [-0.3, -0.25) is 9.80 Å². The number of halogens is 2. The van der Waals surface area contributed by atoms with Gasteiger partial charge >= 0.3 is 0 Å². The summed E-state index contributed by atoms with van der Waals surface area (Å²) in [5, 5.41) is 0.846. The van der Waals surface area contributed by atoms with Crippen molar-refractivity contribution in [2.24, 2.45) is 0 Å². The molecular formula is C16H22BrClN2O. The summed E-state index contributed by atoms with van der Waals surface area (Å²) in [6.45, 7) is 8.30. The first-order chi connectivity index (χ1) is 10.2. The van der Waals surface area contributed by atoms with Gasteiger partial charge in [0.1, 0.15) is 0 Å². The summed E-state index contributed by atoms with van der Waals surface area (Å²) in [6, 6.07) is 6.81. The zero-order valence-corrected chi connectivity index (χ0v) is 14.7. The van der Waals surface area contributed by atoms with Crippen molar-refractivity contribution in [3.8, 4) is 0 Å². The van der Waals surface area contributed by atoms with Crippen LogP contribution in [0.1, 0.15) is 18.9 Å². The summed E-state index contributed by atoms with van der Waals surface area (Å²) in [4.78, 5) is 5.10. The molecule has 0 aliphatic carbocycles. The van der Waals surface area contributed by atoms with Crippen molar-refractivity contribution in [2.75, 3.05) is 32.8 Å². The van der Waals surface area contributed by atoms with Gasteiger partial charge in [-0.2, -0.15) is 0 Å². The van der Waals surface area contributed by atoms with Gasteiger partial charge < -0.3 is 4.74 Å². The zero-order chi connectivity index (χ0) is 14.8. The van der Waals surface area contributed by atoms with Gasteiger partial charge in [-0.1, -0.05) is 23.7 Å². The van der Waals surface area contributed by atoms with Gasteiger partial charge in [0, 0.05) is 49.8 Å². The van der Waals surface area contributed by atoms with Crippen molar-refractivity contribution >= 4 is 27.5 Å². The predicted octanol–water partition coefficient (Wildman–Crippen LogP) is 3.40. The fourth-order valence-electron chi connectivity index (χ4n) is 3.47. The summed E-state index contributed by atoms with van der Waals surface area (Å²) in [5.74, 6) is 0. The molecular weight excluding hydrogens is 352 g/mol. The van der Waals surface area contributed by atoms with Crippen molar-refractivity contribution in [3.05, 3.63) is 33.3 Å². The number of fused-ring (bicyclic) bond motifs is 1. The maximum absolute atomic E-state index is 6.38. The van der Waals surface area contributed by atoms with E-state index in [-0.39, 0.29) is 0 Å². The minimum Gasteiger partial charge on any atom is -0.377 e. The molecule has 0 unspecified atom stereocenters. The van der Waals surface area contributed by atoms with Crippen LogP contribution in [0, 0.1) is 0 Å². The Bertz CT molecular complexity index is 499. The molecule has 2 saturated heterocycles. The Morgan fingerprint density at radius 1 is 1.33 bits per heavy atom. The Balaban J connectivity index is 1.60. The average Bonchev–Trinajstić information content (AvgIpc) is 2.86. The number of hydrogen-bond donors (Lipinski definition) is 0. The van der Waals surface area contributed by atoms with Gasteiger partial charge in [0.2, 0.25) is 0 Å². The molecule has 0 aromatic heterocycles. The quantitative estimate of drug-likeness (QED) is 0.804. The molecule has 3 nitrogen and oxygen atoms in total. The van der Waals surface area contributed by atoms with Crippen LogP contribution in [0.3, 0.4) is 0 Å². The number of ether oxygens (including phenoxy) is 1. The van der Waals surface area contributed by atoms with Gasteiger partial charge in [-0.05, 0) is 40.9 Å². The summed E-state index contributed by atoms with van der Waals surface area (Å²) < 4.78 is 6.78. The lowest BCUT2D eigenvalue weighted by atomic mass is 10.1. The third-order valence-corrected chi connectivity index (χ3v) is 5.83. The number of nitrogens with zero attached hydrogens (tertiary/aromatic N) is 2. The van der Waals surface area contributed by atoms with Crippen LogP contribution in [0.2, 0.25) is 5.02 Å². The Kier molecular flexibility index (Phi) is 5.23. The minimum absolute atomic E-state index is 0.425. The molecule has 5 heteroatoms. The smallest absolute Gasteiger partial charge is 0.0717 e. The lowest BCUT2D eigenvalue weighted by Crippen LogP contribution is -2.49. The van der Waals surface area contributed by atoms with E-state index in [4.69, 9.17) is 16.3 Å². The van der Waals surface area contributed by atoms with E-state index in [2.05, 4.69) is 44.8 Å². The second-order valence-corrected chi connectivity index (χ2v) is 7.14. The normalized spacial score (nSPS) is 27.0. The molecule has 2 heterocycles. The second kappa shape index (κ2) is 6.97. The number of piperazine rings is 1. The van der Waals surface area contributed by atoms with E-state index in [0.717, 1.165) is 55.2 Å². The van der Waals surface area contributed by atoms with E-state index in [0.29, 0.717) is 12.1 Å². The van der Waals surface area contributed by atoms with Crippen molar-refractivity contribution in [3.63, 3.8) is 0 Å². The molecule has 21 heavy (non-hydrogen) atoms. The highest BCUT2D eigenvalue weighted by atomic mass is 79.9. The van der Waals surface area contributed by atoms with Crippen LogP contribution in [-0.4, -0.2) is 54.7 Å². The van der Waals surface area contributed by atoms with Crippen molar-refractivity contribution < 1.29 is 4.74 Å². The first-order valence-corrected chi connectivity index (χ1v) is 8.85. The lowest BCUT2D eigenvalue weighted by Gasteiger charge is -2.37. The molecule has 2 atom stereocenters. The van der Waals surface area contributed by atoms with E-state index in [1.165, 1.54) is 5.56 Å². The molecule has 0 saturated carbocycles. The maximum atomic E-state index is 6.38. The summed E-state index contributed by atoms with van der Waals surface area (Å²) in [6.07, 6.45) is 1.59. The highest BCUT2D eigenvalue weighted by molar-refractivity contribution is 9.10. The van der Waals surface area contributed by atoms with Crippen LogP contribution in [-0.2, 0) is 11.3 Å². The van der Waals surface area contributed by atoms with Crippen LogP contribution in [0.25, 0.3) is 0 Å². The molecule has 2 fully saturated rings. The van der Waals surface area contributed by atoms with Crippen molar-refractivity contribution in [1.29, 1.82) is 0 Å². The summed E-state index contributed by atoms with van der Waals surface area (Å²) >= 11 is 9.89. The molecule has 2 aliphatic heterocycles. The number of benzene rings is 1. The average molecular weight is 374 g/mol. The van der Waals surface area contributed by atoms with Gasteiger partial charge in [-0.25, -0.2) is 0 Å². The second-order valence-electron chi connectivity index (χ2n) is 5.91. The third kappa shape index (κ3) is 3.62. The van der Waals surface area contributed by atoms with Crippen molar-refractivity contribution in [1.82, 2.24) is 9.80 Å². The fourth-order valence-corrected chi connectivity index (χ4v) is 4.07. The molecule has 0 radical (unpaired) electrons. The van der Waals surface area contributed by atoms with Gasteiger partial charge in [0.05, 0.1) is 11.1 Å². The molecule has 0 N–H and O–H groups in total. The Morgan fingerprint density at radius 2 is 2.19 bits per heavy atom. The molecule has 116 valence electrons. The molecule has 2 aliphatic rings. The third-order valence-electron chi connectivity index (χ3n) is 4.49. The van der Waals surface area contributed by atoms with Crippen LogP contribution >= 0.6 is 27.5 Å². The highest BCUT2D eigenvalue weighted by Gasteiger charge is 2.36. The topological polar surface area (TPSA) is 15.7 Å². The molecule has 0 bridgehead atoms. The first-order valence-electron chi connectivity index (χ1n) is 7.68. The Labute approximate surface area is 140 Å². The van der Waals surface area contributed by atoms with Gasteiger partial charge in [0.15, 0.2) is 0 Å². The van der Waals surface area contributed by atoms with Crippen LogP contribution < -0.4 is 0 Å². The van der Waals surface area contributed by atoms with Gasteiger partial charge in [-0.15, -0.1) is 0 Å². The van der Waals surface area contributed by atoms with Crippen LogP contribution in [0.5, 0.6) is 0 Å². The van der Waals surface area contributed by atoms with E-state index in [9.17, 15) is 0 Å². The SMILES string of the molecule is CCO[C@@H]1C[C@H]2CN(Cc3cccc(Br)c3Cl)CCN2C1.